The van der Waals surface area contributed by atoms with Crippen molar-refractivity contribution in [3.63, 3.8) is 0 Å². The van der Waals surface area contributed by atoms with Crippen molar-refractivity contribution in [2.24, 2.45) is 11.8 Å². The summed E-state index contributed by atoms with van der Waals surface area (Å²) in [6.45, 7) is 2.12. The van der Waals surface area contributed by atoms with E-state index >= 15 is 0 Å². The third-order valence-corrected chi connectivity index (χ3v) is 2.96. The SMILES string of the molecule is CCOC(=O)C[C@H]1CCCC[C@H]1C(=O)O. The Kier molecular flexibility index (Phi) is 4.59. The Labute approximate surface area is 89.6 Å². The monoisotopic (exact) mass is 214 g/mol. The van der Waals surface area contributed by atoms with Gasteiger partial charge in [-0.1, -0.05) is 12.8 Å². The smallest absolute Gasteiger partial charge is 0.306 e. The summed E-state index contributed by atoms with van der Waals surface area (Å²) in [6, 6.07) is 0. The van der Waals surface area contributed by atoms with Gasteiger partial charge in [-0.05, 0) is 25.7 Å². The van der Waals surface area contributed by atoms with Crippen LogP contribution in [0.1, 0.15) is 39.0 Å². The molecule has 2 atom stereocenters. The summed E-state index contributed by atoms with van der Waals surface area (Å²) in [4.78, 5) is 22.2. The molecule has 1 aliphatic rings. The molecule has 0 heterocycles. The van der Waals surface area contributed by atoms with E-state index in [0.717, 1.165) is 19.3 Å². The molecule has 0 unspecified atom stereocenters. The molecule has 0 aromatic heterocycles. The Hall–Kier alpha value is -1.06. The maximum Gasteiger partial charge on any atom is 0.306 e. The van der Waals surface area contributed by atoms with Gasteiger partial charge in [0.25, 0.3) is 0 Å². The van der Waals surface area contributed by atoms with E-state index in [1.807, 2.05) is 0 Å². The highest BCUT2D eigenvalue weighted by Crippen LogP contribution is 2.32. The Morgan fingerprint density at radius 1 is 1.33 bits per heavy atom. The lowest BCUT2D eigenvalue weighted by Crippen LogP contribution is -2.29. The number of esters is 1. The van der Waals surface area contributed by atoms with Gasteiger partial charge in [0.1, 0.15) is 0 Å². The number of carbonyl (C=O) groups excluding carboxylic acids is 1. The summed E-state index contributed by atoms with van der Waals surface area (Å²) >= 11 is 0. The van der Waals surface area contributed by atoms with Gasteiger partial charge >= 0.3 is 11.9 Å². The molecule has 86 valence electrons. The molecule has 1 N–H and O–H groups in total. The molecular weight excluding hydrogens is 196 g/mol. The highest BCUT2D eigenvalue weighted by atomic mass is 16.5. The molecule has 0 aromatic carbocycles. The summed E-state index contributed by atoms with van der Waals surface area (Å²) in [7, 11) is 0. The van der Waals surface area contributed by atoms with Crippen LogP contribution in [0.2, 0.25) is 0 Å². The van der Waals surface area contributed by atoms with Crippen LogP contribution in [0.4, 0.5) is 0 Å². The molecule has 1 aliphatic carbocycles. The molecule has 1 saturated carbocycles. The van der Waals surface area contributed by atoms with Crippen molar-refractivity contribution in [3.05, 3.63) is 0 Å². The summed E-state index contributed by atoms with van der Waals surface area (Å²) in [5.74, 6) is -1.43. The van der Waals surface area contributed by atoms with Gasteiger partial charge in [-0.25, -0.2) is 0 Å². The van der Waals surface area contributed by atoms with Gasteiger partial charge in [0.2, 0.25) is 0 Å². The molecule has 0 spiro atoms. The van der Waals surface area contributed by atoms with Crippen LogP contribution in [0.15, 0.2) is 0 Å². The van der Waals surface area contributed by atoms with Crippen LogP contribution >= 0.6 is 0 Å². The molecule has 0 bridgehead atoms. The molecule has 0 amide bonds. The standard InChI is InChI=1S/C11H18O4/c1-2-15-10(12)7-8-5-3-4-6-9(8)11(13)14/h8-9H,2-7H2,1H3,(H,13,14)/t8-,9-/m1/s1. The Balaban J connectivity index is 2.49. The van der Waals surface area contributed by atoms with E-state index in [0.29, 0.717) is 13.0 Å². The lowest BCUT2D eigenvalue weighted by atomic mass is 9.77. The number of carboxylic acid groups (broad SMARTS) is 1. The van der Waals surface area contributed by atoms with E-state index in [1.165, 1.54) is 0 Å². The molecular formula is C11H18O4. The average Bonchev–Trinajstić information content (AvgIpc) is 2.18. The highest BCUT2D eigenvalue weighted by Gasteiger charge is 2.32. The van der Waals surface area contributed by atoms with Crippen molar-refractivity contribution in [3.8, 4) is 0 Å². The second-order valence-corrected chi connectivity index (χ2v) is 4.00. The molecule has 0 radical (unpaired) electrons. The van der Waals surface area contributed by atoms with E-state index < -0.39 is 5.97 Å². The summed E-state index contributed by atoms with van der Waals surface area (Å²) in [5.41, 5.74) is 0. The number of aliphatic carboxylic acids is 1. The largest absolute Gasteiger partial charge is 0.481 e. The number of carboxylic acids is 1. The Bertz CT molecular complexity index is 237. The third-order valence-electron chi connectivity index (χ3n) is 2.96. The number of hydrogen-bond donors (Lipinski definition) is 1. The van der Waals surface area contributed by atoms with Gasteiger partial charge in [0.15, 0.2) is 0 Å². The second-order valence-electron chi connectivity index (χ2n) is 4.00. The maximum absolute atomic E-state index is 11.3. The zero-order valence-corrected chi connectivity index (χ0v) is 9.07. The van der Waals surface area contributed by atoms with Crippen molar-refractivity contribution < 1.29 is 19.4 Å². The van der Waals surface area contributed by atoms with Gasteiger partial charge in [-0.15, -0.1) is 0 Å². The van der Waals surface area contributed by atoms with Gasteiger partial charge in [-0.3, -0.25) is 9.59 Å². The second kappa shape index (κ2) is 5.73. The molecule has 0 aromatic rings. The first-order valence-electron chi connectivity index (χ1n) is 5.53. The van der Waals surface area contributed by atoms with Gasteiger partial charge in [0.05, 0.1) is 12.5 Å². The number of hydrogen-bond acceptors (Lipinski definition) is 3. The van der Waals surface area contributed by atoms with Crippen molar-refractivity contribution in [2.75, 3.05) is 6.61 Å². The molecule has 4 nitrogen and oxygen atoms in total. The van der Waals surface area contributed by atoms with E-state index in [9.17, 15) is 9.59 Å². The van der Waals surface area contributed by atoms with Crippen molar-refractivity contribution in [1.29, 1.82) is 0 Å². The normalized spacial score (nSPS) is 25.9. The zero-order chi connectivity index (χ0) is 11.3. The number of ether oxygens (including phenoxy) is 1. The molecule has 0 aliphatic heterocycles. The van der Waals surface area contributed by atoms with Crippen LogP contribution in [0.25, 0.3) is 0 Å². The minimum atomic E-state index is -0.774. The fourth-order valence-electron chi connectivity index (χ4n) is 2.21. The first-order chi connectivity index (χ1) is 7.15. The lowest BCUT2D eigenvalue weighted by Gasteiger charge is -2.27. The Morgan fingerprint density at radius 2 is 2.00 bits per heavy atom. The molecule has 0 saturated heterocycles. The predicted octanol–water partition coefficient (Wildman–Crippen LogP) is 1.83. The topological polar surface area (TPSA) is 63.6 Å². The Morgan fingerprint density at radius 3 is 2.60 bits per heavy atom. The fourth-order valence-corrected chi connectivity index (χ4v) is 2.21. The quantitative estimate of drug-likeness (QED) is 0.725. The van der Waals surface area contributed by atoms with E-state index in [1.54, 1.807) is 6.92 Å². The third kappa shape index (κ3) is 3.53. The van der Waals surface area contributed by atoms with Crippen molar-refractivity contribution in [2.45, 2.75) is 39.0 Å². The van der Waals surface area contributed by atoms with Crippen LogP contribution in [0, 0.1) is 11.8 Å². The number of rotatable bonds is 4. The van der Waals surface area contributed by atoms with Crippen LogP contribution in [-0.4, -0.2) is 23.7 Å². The average molecular weight is 214 g/mol. The fraction of sp³-hybridized carbons (Fsp3) is 0.818. The van der Waals surface area contributed by atoms with Gasteiger partial charge < -0.3 is 9.84 Å². The van der Waals surface area contributed by atoms with E-state index in [2.05, 4.69) is 0 Å². The molecule has 15 heavy (non-hydrogen) atoms. The molecule has 1 fully saturated rings. The first-order valence-corrected chi connectivity index (χ1v) is 5.53. The molecule has 4 heteroatoms. The van der Waals surface area contributed by atoms with Crippen molar-refractivity contribution >= 4 is 11.9 Å². The summed E-state index contributed by atoms with van der Waals surface area (Å²) < 4.78 is 4.84. The lowest BCUT2D eigenvalue weighted by molar-refractivity contribution is -0.149. The number of carbonyl (C=O) groups is 2. The minimum Gasteiger partial charge on any atom is -0.481 e. The summed E-state index contributed by atoms with van der Waals surface area (Å²) in [5, 5.41) is 9.00. The highest BCUT2D eigenvalue weighted by molar-refractivity contribution is 5.74. The van der Waals surface area contributed by atoms with Crippen LogP contribution < -0.4 is 0 Å². The van der Waals surface area contributed by atoms with Crippen LogP contribution in [-0.2, 0) is 14.3 Å². The first kappa shape index (κ1) is 12.0. The van der Waals surface area contributed by atoms with Crippen LogP contribution in [0.3, 0.4) is 0 Å². The summed E-state index contributed by atoms with van der Waals surface area (Å²) in [6.07, 6.45) is 3.75. The van der Waals surface area contributed by atoms with Crippen LogP contribution in [0.5, 0.6) is 0 Å². The van der Waals surface area contributed by atoms with Crippen molar-refractivity contribution in [1.82, 2.24) is 0 Å². The maximum atomic E-state index is 11.3. The minimum absolute atomic E-state index is 0.0321. The van der Waals surface area contributed by atoms with Gasteiger partial charge in [-0.2, -0.15) is 0 Å². The zero-order valence-electron chi connectivity index (χ0n) is 9.07. The molecule has 1 rings (SSSR count). The van der Waals surface area contributed by atoms with Gasteiger partial charge in [0, 0.05) is 6.42 Å². The van der Waals surface area contributed by atoms with E-state index in [4.69, 9.17) is 9.84 Å². The predicted molar refractivity (Wildman–Crippen MR) is 54.3 cm³/mol. The van der Waals surface area contributed by atoms with E-state index in [-0.39, 0.29) is 24.2 Å².